The normalized spacial score (nSPS) is 20.6. The van der Waals surface area contributed by atoms with E-state index in [1.165, 1.54) is 10.7 Å². The third-order valence-corrected chi connectivity index (χ3v) is 4.43. The van der Waals surface area contributed by atoms with Crippen LogP contribution in [0.4, 0.5) is 4.39 Å². The Morgan fingerprint density at radius 3 is 2.78 bits per heavy atom. The molecule has 1 N–H and O–H groups in total. The molecule has 27 heavy (non-hydrogen) atoms. The Bertz CT molecular complexity index is 758. The fourth-order valence-corrected chi connectivity index (χ4v) is 3.30. The van der Waals surface area contributed by atoms with Crippen LogP contribution in [0.1, 0.15) is 25.2 Å². The van der Waals surface area contributed by atoms with Crippen molar-refractivity contribution in [2.45, 2.75) is 45.6 Å². The maximum absolute atomic E-state index is 13.6. The molecule has 146 valence electrons. The number of benzene rings is 1. The van der Waals surface area contributed by atoms with Crippen LogP contribution in [0, 0.1) is 5.82 Å². The van der Waals surface area contributed by atoms with Crippen molar-refractivity contribution >= 4 is 5.91 Å². The summed E-state index contributed by atoms with van der Waals surface area (Å²) in [4.78, 5) is 14.4. The lowest BCUT2D eigenvalue weighted by molar-refractivity contribution is -0.121. The smallest absolute Gasteiger partial charge is 0.241 e. The van der Waals surface area contributed by atoms with Crippen molar-refractivity contribution in [1.82, 2.24) is 30.4 Å². The monoisotopic (exact) mass is 376 g/mol. The van der Waals surface area contributed by atoms with Crippen LogP contribution in [-0.2, 0) is 29.0 Å². The Balaban J connectivity index is 1.49. The van der Waals surface area contributed by atoms with Crippen molar-refractivity contribution in [2.75, 3.05) is 19.6 Å². The number of rotatable bonds is 7. The molecule has 1 aliphatic rings. The van der Waals surface area contributed by atoms with Gasteiger partial charge in [0.2, 0.25) is 5.91 Å². The van der Waals surface area contributed by atoms with Crippen LogP contribution < -0.4 is 5.32 Å². The number of halogens is 1. The number of aromatic nitrogens is 4. The Hall–Kier alpha value is -2.39. The molecule has 1 saturated heterocycles. The number of nitrogens with one attached hydrogen (secondary N) is 1. The minimum Gasteiger partial charge on any atom is -0.373 e. The zero-order chi connectivity index (χ0) is 19.2. The van der Waals surface area contributed by atoms with Crippen molar-refractivity contribution in [1.29, 1.82) is 0 Å². The quantitative estimate of drug-likeness (QED) is 0.769. The van der Waals surface area contributed by atoms with Gasteiger partial charge in [0.1, 0.15) is 12.4 Å². The summed E-state index contributed by atoms with van der Waals surface area (Å²) in [7, 11) is 0. The predicted molar refractivity (Wildman–Crippen MR) is 96.2 cm³/mol. The first-order valence-electron chi connectivity index (χ1n) is 9.14. The lowest BCUT2D eigenvalue weighted by Crippen LogP contribution is -2.45. The van der Waals surface area contributed by atoms with E-state index >= 15 is 0 Å². The summed E-state index contributed by atoms with van der Waals surface area (Å²) in [5.74, 6) is 0.174. The molecule has 8 nitrogen and oxygen atoms in total. The molecular formula is C18H25FN6O2. The number of amides is 1. The molecule has 2 aromatic rings. The maximum atomic E-state index is 13.6. The number of tetrazole rings is 1. The van der Waals surface area contributed by atoms with Gasteiger partial charge >= 0.3 is 0 Å². The second-order valence-electron chi connectivity index (χ2n) is 6.90. The van der Waals surface area contributed by atoms with E-state index in [1.54, 1.807) is 18.2 Å². The average molecular weight is 376 g/mol. The molecule has 2 heterocycles. The molecule has 3 rings (SSSR count). The van der Waals surface area contributed by atoms with Gasteiger partial charge in [0.25, 0.3) is 0 Å². The number of hydrogen-bond donors (Lipinski definition) is 1. The minimum absolute atomic E-state index is 0.0368. The van der Waals surface area contributed by atoms with Crippen LogP contribution in [0.5, 0.6) is 0 Å². The van der Waals surface area contributed by atoms with Crippen LogP contribution in [0.25, 0.3) is 0 Å². The summed E-state index contributed by atoms with van der Waals surface area (Å²) in [6, 6.07) is 6.55. The second-order valence-corrected chi connectivity index (χ2v) is 6.90. The zero-order valence-corrected chi connectivity index (χ0v) is 15.6. The summed E-state index contributed by atoms with van der Waals surface area (Å²) in [6.45, 7) is 6.62. The fourth-order valence-electron chi connectivity index (χ4n) is 3.30. The molecule has 1 aromatic heterocycles. The average Bonchev–Trinajstić information content (AvgIpc) is 3.02. The van der Waals surface area contributed by atoms with Gasteiger partial charge in [-0.05, 0) is 42.3 Å². The van der Waals surface area contributed by atoms with Crippen molar-refractivity contribution in [3.05, 3.63) is 41.5 Å². The second kappa shape index (κ2) is 9.01. The Morgan fingerprint density at radius 1 is 1.30 bits per heavy atom. The topological polar surface area (TPSA) is 85.2 Å². The highest BCUT2D eigenvalue weighted by molar-refractivity contribution is 5.75. The van der Waals surface area contributed by atoms with E-state index in [2.05, 4.69) is 25.7 Å². The van der Waals surface area contributed by atoms with Crippen LogP contribution in [0.2, 0.25) is 0 Å². The lowest BCUT2D eigenvalue weighted by atomic mass is 10.1. The molecule has 0 saturated carbocycles. The summed E-state index contributed by atoms with van der Waals surface area (Å²) >= 11 is 0. The molecule has 9 heteroatoms. The lowest BCUT2D eigenvalue weighted by Gasteiger charge is -2.34. The fraction of sp³-hybridized carbons (Fsp3) is 0.556. The van der Waals surface area contributed by atoms with Gasteiger partial charge in [-0.3, -0.25) is 9.69 Å². The molecular weight excluding hydrogens is 351 g/mol. The van der Waals surface area contributed by atoms with Crippen LogP contribution >= 0.6 is 0 Å². The minimum atomic E-state index is -0.261. The highest BCUT2D eigenvalue weighted by Gasteiger charge is 2.24. The summed E-state index contributed by atoms with van der Waals surface area (Å²) in [5.41, 5.74) is 0.580. The van der Waals surface area contributed by atoms with Gasteiger partial charge in [0, 0.05) is 19.6 Å². The highest BCUT2D eigenvalue weighted by atomic mass is 19.1. The third-order valence-electron chi connectivity index (χ3n) is 4.43. The SMILES string of the molecule is C[C@@H]1CN(Cc2nnnn2CC(=O)NCCc2ccccc2F)C[C@H](C)O1. The van der Waals surface area contributed by atoms with E-state index in [4.69, 9.17) is 4.74 Å². The number of nitrogens with zero attached hydrogens (tertiary/aromatic N) is 5. The van der Waals surface area contributed by atoms with Crippen molar-refractivity contribution in [3.8, 4) is 0 Å². The molecule has 2 atom stereocenters. The number of morpholine rings is 1. The van der Waals surface area contributed by atoms with Gasteiger partial charge in [0.05, 0.1) is 18.8 Å². The predicted octanol–water partition coefficient (Wildman–Crippen LogP) is 0.780. The molecule has 1 aromatic carbocycles. The van der Waals surface area contributed by atoms with Crippen molar-refractivity contribution in [2.24, 2.45) is 0 Å². The highest BCUT2D eigenvalue weighted by Crippen LogP contribution is 2.13. The van der Waals surface area contributed by atoms with Crippen molar-refractivity contribution < 1.29 is 13.9 Å². The van der Waals surface area contributed by atoms with Gasteiger partial charge in [-0.1, -0.05) is 18.2 Å². The van der Waals surface area contributed by atoms with E-state index < -0.39 is 0 Å². The third kappa shape index (κ3) is 5.54. The van der Waals surface area contributed by atoms with Gasteiger partial charge in [-0.15, -0.1) is 5.10 Å². The van der Waals surface area contributed by atoms with E-state index in [-0.39, 0.29) is 30.5 Å². The van der Waals surface area contributed by atoms with E-state index in [9.17, 15) is 9.18 Å². The number of carbonyl (C=O) groups excluding carboxylic acids is 1. The summed E-state index contributed by atoms with van der Waals surface area (Å²) in [5, 5.41) is 14.4. The summed E-state index contributed by atoms with van der Waals surface area (Å²) < 4.78 is 20.8. The van der Waals surface area contributed by atoms with Crippen LogP contribution in [-0.4, -0.2) is 62.9 Å². The molecule has 1 aliphatic heterocycles. The molecule has 0 aliphatic carbocycles. The largest absolute Gasteiger partial charge is 0.373 e. The first-order chi connectivity index (χ1) is 13.0. The number of carbonyl (C=O) groups is 1. The van der Waals surface area contributed by atoms with Gasteiger partial charge in [-0.25, -0.2) is 9.07 Å². The molecule has 1 amide bonds. The van der Waals surface area contributed by atoms with Crippen LogP contribution in [0.3, 0.4) is 0 Å². The molecule has 0 spiro atoms. The number of hydrogen-bond acceptors (Lipinski definition) is 6. The van der Waals surface area contributed by atoms with E-state index in [1.807, 2.05) is 13.8 Å². The zero-order valence-electron chi connectivity index (χ0n) is 15.6. The molecule has 0 unspecified atom stereocenters. The number of ether oxygens (including phenoxy) is 1. The van der Waals surface area contributed by atoms with E-state index in [0.717, 1.165) is 13.1 Å². The van der Waals surface area contributed by atoms with Gasteiger partial charge < -0.3 is 10.1 Å². The van der Waals surface area contributed by atoms with Crippen molar-refractivity contribution in [3.63, 3.8) is 0 Å². The Kier molecular flexibility index (Phi) is 6.46. The standard InChI is InChI=1S/C18H25FN6O2/c1-13-9-24(10-14(2)27-13)11-17-21-22-23-25(17)12-18(26)20-8-7-15-5-3-4-6-16(15)19/h3-6,13-14H,7-12H2,1-2H3,(H,20,26)/t13-,14+. The Labute approximate surface area is 157 Å². The molecule has 0 radical (unpaired) electrons. The van der Waals surface area contributed by atoms with Gasteiger partial charge in [0.15, 0.2) is 5.82 Å². The molecule has 0 bridgehead atoms. The molecule has 1 fully saturated rings. The van der Waals surface area contributed by atoms with E-state index in [0.29, 0.717) is 30.9 Å². The summed E-state index contributed by atoms with van der Waals surface area (Å²) in [6.07, 6.45) is 0.740. The first-order valence-corrected chi connectivity index (χ1v) is 9.14. The first kappa shape index (κ1) is 19.4. The van der Waals surface area contributed by atoms with Crippen LogP contribution in [0.15, 0.2) is 24.3 Å². The maximum Gasteiger partial charge on any atom is 0.241 e. The van der Waals surface area contributed by atoms with Gasteiger partial charge in [-0.2, -0.15) is 0 Å². The Morgan fingerprint density at radius 2 is 2.04 bits per heavy atom.